The van der Waals surface area contributed by atoms with Gasteiger partial charge in [0.2, 0.25) is 0 Å². The summed E-state index contributed by atoms with van der Waals surface area (Å²) in [5.41, 5.74) is 3.03. The molecule has 1 aliphatic rings. The first-order valence-corrected chi connectivity index (χ1v) is 7.81. The summed E-state index contributed by atoms with van der Waals surface area (Å²) in [6.07, 6.45) is 0.409. The van der Waals surface area contributed by atoms with Gasteiger partial charge in [-0.3, -0.25) is 0 Å². The highest BCUT2D eigenvalue weighted by Crippen LogP contribution is 2.45. The Labute approximate surface area is 140 Å². The number of carbonyl (C=O) groups is 2. The Morgan fingerprint density at radius 1 is 0.750 bits per heavy atom. The van der Waals surface area contributed by atoms with Gasteiger partial charge in [0.1, 0.15) is 0 Å². The summed E-state index contributed by atoms with van der Waals surface area (Å²) in [4.78, 5) is 18.4. The fraction of sp³-hybridized carbons (Fsp3) is 0.263. The topological polar surface area (TPSA) is 83.8 Å². The van der Waals surface area contributed by atoms with Crippen LogP contribution in [0.5, 0.6) is 0 Å². The average molecular weight is 328 g/mol. The predicted octanol–water partition coefficient (Wildman–Crippen LogP) is 5.10. The van der Waals surface area contributed by atoms with Gasteiger partial charge in [0.05, 0.1) is 0 Å². The van der Waals surface area contributed by atoms with E-state index in [0.29, 0.717) is 0 Å². The van der Waals surface area contributed by atoms with Crippen LogP contribution >= 0.6 is 0 Å². The third-order valence-corrected chi connectivity index (χ3v) is 4.15. The van der Waals surface area contributed by atoms with E-state index >= 15 is 0 Å². The lowest BCUT2D eigenvalue weighted by Gasteiger charge is -2.20. The van der Waals surface area contributed by atoms with Crippen molar-refractivity contribution in [3.8, 4) is 0 Å². The Morgan fingerprint density at radius 2 is 1.12 bits per heavy atom. The summed E-state index contributed by atoms with van der Waals surface area (Å²) in [5, 5.41) is 15.0. The minimum atomic E-state index is -1.81. The molecular formula is C19H20O5. The van der Waals surface area contributed by atoms with Crippen molar-refractivity contribution in [1.82, 2.24) is 0 Å². The molecule has 0 bridgehead atoms. The maximum Gasteiger partial charge on any atom is 0.516 e. The van der Waals surface area contributed by atoms with Crippen LogP contribution in [0.25, 0.3) is 0 Å². The van der Waals surface area contributed by atoms with E-state index in [-0.39, 0.29) is 0 Å². The molecule has 24 heavy (non-hydrogen) atoms. The number of carboxylic acid groups (broad SMARTS) is 2. The van der Waals surface area contributed by atoms with Crippen LogP contribution in [0.4, 0.5) is 9.59 Å². The zero-order valence-electron chi connectivity index (χ0n) is 13.2. The van der Waals surface area contributed by atoms with Crippen LogP contribution in [-0.2, 0) is 4.74 Å². The largest absolute Gasteiger partial charge is 0.516 e. The van der Waals surface area contributed by atoms with Crippen LogP contribution in [0.1, 0.15) is 42.2 Å². The number of rotatable bonds is 2. The van der Waals surface area contributed by atoms with Gasteiger partial charge in [0, 0.05) is 0 Å². The van der Waals surface area contributed by atoms with E-state index < -0.39 is 12.3 Å². The van der Waals surface area contributed by atoms with E-state index in [9.17, 15) is 9.59 Å². The normalized spacial score (nSPS) is 19.0. The maximum atomic E-state index is 9.21. The van der Waals surface area contributed by atoms with E-state index in [1.165, 1.54) is 30.4 Å². The zero-order chi connectivity index (χ0) is 17.4. The minimum Gasteiger partial charge on any atom is -0.449 e. The molecule has 0 heterocycles. The van der Waals surface area contributed by atoms with Crippen LogP contribution in [0.2, 0.25) is 0 Å². The van der Waals surface area contributed by atoms with E-state index in [0.717, 1.165) is 11.8 Å². The van der Waals surface area contributed by atoms with Crippen molar-refractivity contribution in [3.63, 3.8) is 0 Å². The summed E-state index contributed by atoms with van der Waals surface area (Å²) in [6, 6.07) is 22.0. The molecule has 0 aromatic heterocycles. The second-order valence-corrected chi connectivity index (χ2v) is 5.60. The third kappa shape index (κ3) is 5.12. The first-order chi connectivity index (χ1) is 11.6. The molecule has 2 unspecified atom stereocenters. The van der Waals surface area contributed by atoms with Gasteiger partial charge in [-0.25, -0.2) is 9.59 Å². The Bertz CT molecular complexity index is 596. The van der Waals surface area contributed by atoms with E-state index in [4.69, 9.17) is 10.2 Å². The molecule has 1 aliphatic carbocycles. The number of hydrogen-bond acceptors (Lipinski definition) is 3. The highest BCUT2D eigenvalue weighted by molar-refractivity contribution is 5.74. The molecule has 0 aliphatic heterocycles. The van der Waals surface area contributed by atoms with Gasteiger partial charge >= 0.3 is 12.3 Å². The van der Waals surface area contributed by atoms with Crippen molar-refractivity contribution >= 4 is 12.3 Å². The van der Waals surface area contributed by atoms with Crippen molar-refractivity contribution < 1.29 is 24.5 Å². The lowest BCUT2D eigenvalue weighted by atomic mass is 9.84. The molecule has 2 aromatic carbocycles. The van der Waals surface area contributed by atoms with Crippen LogP contribution in [-0.4, -0.2) is 22.5 Å². The van der Waals surface area contributed by atoms with Crippen LogP contribution in [0.3, 0.4) is 0 Å². The summed E-state index contributed by atoms with van der Waals surface area (Å²) in [5.74, 6) is 1.44. The van der Waals surface area contributed by atoms with Crippen molar-refractivity contribution in [3.05, 3.63) is 71.8 Å². The van der Waals surface area contributed by atoms with Crippen LogP contribution < -0.4 is 0 Å². The van der Waals surface area contributed by atoms with Crippen molar-refractivity contribution in [2.24, 2.45) is 0 Å². The molecule has 0 radical (unpaired) electrons. The highest BCUT2D eigenvalue weighted by atomic mass is 16.7. The Hall–Kier alpha value is -2.82. The number of ether oxygens (including phenoxy) is 1. The molecule has 126 valence electrons. The SMILES string of the molecule is O=C(O)OC(=O)O.c1ccc(C2CCCC2c2ccccc2)cc1. The van der Waals surface area contributed by atoms with Crippen molar-refractivity contribution in [2.75, 3.05) is 0 Å². The van der Waals surface area contributed by atoms with Gasteiger partial charge in [-0.15, -0.1) is 0 Å². The summed E-state index contributed by atoms with van der Waals surface area (Å²) >= 11 is 0. The van der Waals surface area contributed by atoms with Gasteiger partial charge in [-0.1, -0.05) is 67.1 Å². The molecule has 1 saturated carbocycles. The highest BCUT2D eigenvalue weighted by Gasteiger charge is 2.29. The quantitative estimate of drug-likeness (QED) is 0.592. The minimum absolute atomic E-state index is 0.721. The average Bonchev–Trinajstić information content (AvgIpc) is 3.05. The molecule has 3 rings (SSSR count). The Balaban J connectivity index is 0.000000256. The van der Waals surface area contributed by atoms with E-state index in [1.54, 1.807) is 0 Å². The first-order valence-electron chi connectivity index (χ1n) is 7.81. The molecule has 5 heteroatoms. The van der Waals surface area contributed by atoms with Crippen molar-refractivity contribution in [1.29, 1.82) is 0 Å². The lowest BCUT2D eigenvalue weighted by molar-refractivity contribution is 0.0802. The van der Waals surface area contributed by atoms with Gasteiger partial charge in [-0.05, 0) is 35.8 Å². The predicted molar refractivity (Wildman–Crippen MR) is 89.4 cm³/mol. The fourth-order valence-corrected chi connectivity index (χ4v) is 3.23. The summed E-state index contributed by atoms with van der Waals surface area (Å²) < 4.78 is 3.08. The van der Waals surface area contributed by atoms with Gasteiger partial charge in [-0.2, -0.15) is 0 Å². The van der Waals surface area contributed by atoms with E-state index in [1.807, 2.05) is 0 Å². The molecular weight excluding hydrogens is 308 g/mol. The molecule has 2 atom stereocenters. The smallest absolute Gasteiger partial charge is 0.449 e. The van der Waals surface area contributed by atoms with E-state index in [2.05, 4.69) is 65.4 Å². The molecule has 2 aromatic rings. The molecule has 0 saturated heterocycles. The summed E-state index contributed by atoms with van der Waals surface area (Å²) in [7, 11) is 0. The van der Waals surface area contributed by atoms with Gasteiger partial charge in [0.25, 0.3) is 0 Å². The summed E-state index contributed by atoms with van der Waals surface area (Å²) in [6.45, 7) is 0. The van der Waals surface area contributed by atoms with Gasteiger partial charge < -0.3 is 14.9 Å². The van der Waals surface area contributed by atoms with Crippen LogP contribution in [0, 0.1) is 0 Å². The zero-order valence-corrected chi connectivity index (χ0v) is 13.2. The van der Waals surface area contributed by atoms with Crippen LogP contribution in [0.15, 0.2) is 60.7 Å². The molecule has 5 nitrogen and oxygen atoms in total. The second-order valence-electron chi connectivity index (χ2n) is 5.60. The second kappa shape index (κ2) is 8.72. The Kier molecular flexibility index (Phi) is 6.37. The van der Waals surface area contributed by atoms with Crippen molar-refractivity contribution in [2.45, 2.75) is 31.1 Å². The van der Waals surface area contributed by atoms with Gasteiger partial charge in [0.15, 0.2) is 0 Å². The molecule has 0 spiro atoms. The first kappa shape index (κ1) is 17.5. The third-order valence-electron chi connectivity index (χ3n) is 4.15. The molecule has 1 fully saturated rings. The lowest BCUT2D eigenvalue weighted by Crippen LogP contribution is -2.05. The molecule has 2 N–H and O–H groups in total. The maximum absolute atomic E-state index is 9.21. The monoisotopic (exact) mass is 328 g/mol. The fourth-order valence-electron chi connectivity index (χ4n) is 3.23. The number of hydrogen-bond donors (Lipinski definition) is 2. The Morgan fingerprint density at radius 3 is 1.42 bits per heavy atom. The standard InChI is InChI=1S/C17H18.C2H2O5/c1-3-8-14(9-4-1)16-12-7-13-17(16)15-10-5-2-6-11-15;3-1(4)7-2(5)6/h1-6,8-11,16-17H,7,12-13H2;(H,3,4)(H,5,6). The molecule has 0 amide bonds. The number of benzene rings is 2.